The van der Waals surface area contributed by atoms with Gasteiger partial charge >= 0.3 is 0 Å². The van der Waals surface area contributed by atoms with Crippen LogP contribution in [0.5, 0.6) is 0 Å². The van der Waals surface area contributed by atoms with Crippen LogP contribution < -0.4 is 5.73 Å². The van der Waals surface area contributed by atoms with E-state index in [1.54, 1.807) is 0 Å². The Morgan fingerprint density at radius 2 is 2.33 bits per heavy atom. The summed E-state index contributed by atoms with van der Waals surface area (Å²) in [4.78, 5) is 10.7. The molecule has 0 aromatic rings. The maximum Gasteiger partial charge on any atom is 0.133 e. The molecule has 0 saturated heterocycles. The van der Waals surface area contributed by atoms with Crippen molar-refractivity contribution in [1.29, 1.82) is 0 Å². The van der Waals surface area contributed by atoms with E-state index in [9.17, 15) is 9.18 Å². The van der Waals surface area contributed by atoms with E-state index in [4.69, 9.17) is 5.73 Å². The average molecular weight is 169 g/mol. The van der Waals surface area contributed by atoms with E-state index in [0.717, 1.165) is 0 Å². The van der Waals surface area contributed by atoms with E-state index in [0.29, 0.717) is 24.1 Å². The first-order valence-electron chi connectivity index (χ1n) is 3.92. The zero-order valence-corrected chi connectivity index (χ0v) is 7.06. The molecule has 12 heavy (non-hydrogen) atoms. The van der Waals surface area contributed by atoms with E-state index in [1.807, 2.05) is 0 Å². The molecule has 0 bridgehead atoms. The molecule has 0 atom stereocenters. The summed E-state index contributed by atoms with van der Waals surface area (Å²) in [5.41, 5.74) is 6.56. The van der Waals surface area contributed by atoms with Crippen LogP contribution in [0.3, 0.4) is 0 Å². The SMILES string of the molecule is CC(=O)CC1=C(F)C=C(N)CC1. The lowest BCUT2D eigenvalue weighted by Gasteiger charge is -2.11. The van der Waals surface area contributed by atoms with Gasteiger partial charge in [0.25, 0.3) is 0 Å². The lowest BCUT2D eigenvalue weighted by atomic mass is 9.98. The second-order valence-corrected chi connectivity index (χ2v) is 3.05. The molecule has 0 fully saturated rings. The van der Waals surface area contributed by atoms with Gasteiger partial charge in [-0.2, -0.15) is 0 Å². The van der Waals surface area contributed by atoms with Crippen molar-refractivity contribution < 1.29 is 9.18 Å². The van der Waals surface area contributed by atoms with Gasteiger partial charge in [-0.05, 0) is 31.4 Å². The fourth-order valence-corrected chi connectivity index (χ4v) is 1.22. The highest BCUT2D eigenvalue weighted by Gasteiger charge is 2.12. The molecule has 1 aliphatic carbocycles. The second-order valence-electron chi connectivity index (χ2n) is 3.05. The number of carbonyl (C=O) groups is 1. The lowest BCUT2D eigenvalue weighted by molar-refractivity contribution is -0.116. The quantitative estimate of drug-likeness (QED) is 0.685. The summed E-state index contributed by atoms with van der Waals surface area (Å²) < 4.78 is 13.0. The molecule has 2 N–H and O–H groups in total. The molecule has 0 radical (unpaired) electrons. The predicted octanol–water partition coefficient (Wildman–Crippen LogP) is 1.83. The van der Waals surface area contributed by atoms with Crippen molar-refractivity contribution in [1.82, 2.24) is 0 Å². The molecule has 0 spiro atoms. The van der Waals surface area contributed by atoms with Crippen LogP contribution >= 0.6 is 0 Å². The molecule has 0 aliphatic heterocycles. The van der Waals surface area contributed by atoms with E-state index < -0.39 is 0 Å². The molecule has 3 heteroatoms. The smallest absolute Gasteiger partial charge is 0.133 e. The maximum atomic E-state index is 13.0. The van der Waals surface area contributed by atoms with Gasteiger partial charge in [0.05, 0.1) is 0 Å². The van der Waals surface area contributed by atoms with Crippen LogP contribution in [0.25, 0.3) is 0 Å². The van der Waals surface area contributed by atoms with Gasteiger partial charge in [0, 0.05) is 12.1 Å². The van der Waals surface area contributed by atoms with Gasteiger partial charge in [0.2, 0.25) is 0 Å². The fourth-order valence-electron chi connectivity index (χ4n) is 1.22. The number of hydrogen-bond acceptors (Lipinski definition) is 2. The number of carbonyl (C=O) groups excluding carboxylic acids is 1. The third kappa shape index (κ3) is 2.19. The summed E-state index contributed by atoms with van der Waals surface area (Å²) in [6.45, 7) is 1.46. The van der Waals surface area contributed by atoms with Crippen LogP contribution in [-0.4, -0.2) is 5.78 Å². The van der Waals surface area contributed by atoms with Crippen LogP contribution in [-0.2, 0) is 4.79 Å². The van der Waals surface area contributed by atoms with Crippen molar-refractivity contribution in [3.63, 3.8) is 0 Å². The molecule has 0 amide bonds. The molecule has 0 heterocycles. The minimum atomic E-state index is -0.325. The largest absolute Gasteiger partial charge is 0.402 e. The van der Waals surface area contributed by atoms with Crippen molar-refractivity contribution in [2.45, 2.75) is 26.2 Å². The first-order valence-corrected chi connectivity index (χ1v) is 3.92. The number of allylic oxidation sites excluding steroid dienone is 4. The topological polar surface area (TPSA) is 43.1 Å². The third-order valence-corrected chi connectivity index (χ3v) is 1.83. The monoisotopic (exact) mass is 169 g/mol. The van der Waals surface area contributed by atoms with Crippen molar-refractivity contribution in [3.8, 4) is 0 Å². The first-order chi connectivity index (χ1) is 5.59. The number of Topliss-reactive ketones (excluding diaryl/α,β-unsaturated/α-hetero) is 1. The average Bonchev–Trinajstić information content (AvgIpc) is 1.94. The summed E-state index contributed by atoms with van der Waals surface area (Å²) >= 11 is 0. The van der Waals surface area contributed by atoms with Crippen molar-refractivity contribution in [2.75, 3.05) is 0 Å². The Labute approximate surface area is 70.9 Å². The second kappa shape index (κ2) is 3.52. The summed E-state index contributed by atoms with van der Waals surface area (Å²) in [5.74, 6) is -0.331. The fraction of sp³-hybridized carbons (Fsp3) is 0.444. The highest BCUT2D eigenvalue weighted by atomic mass is 19.1. The standard InChI is InChI=1S/C9H12FNO/c1-6(12)4-7-2-3-8(11)5-9(7)10/h5H,2-4,11H2,1H3. The minimum Gasteiger partial charge on any atom is -0.402 e. The molecule has 1 rings (SSSR count). The predicted molar refractivity (Wildman–Crippen MR) is 44.9 cm³/mol. The highest BCUT2D eigenvalue weighted by Crippen LogP contribution is 2.24. The number of halogens is 1. The summed E-state index contributed by atoms with van der Waals surface area (Å²) in [6, 6.07) is 0. The molecule has 2 nitrogen and oxygen atoms in total. The van der Waals surface area contributed by atoms with Crippen molar-refractivity contribution in [3.05, 3.63) is 23.2 Å². The van der Waals surface area contributed by atoms with Crippen LogP contribution in [0.2, 0.25) is 0 Å². The summed E-state index contributed by atoms with van der Waals surface area (Å²) in [6.07, 6.45) is 2.77. The van der Waals surface area contributed by atoms with Crippen molar-refractivity contribution in [2.24, 2.45) is 5.73 Å². The molecule has 1 aliphatic rings. The molecular formula is C9H12FNO. The lowest BCUT2D eigenvalue weighted by Crippen LogP contribution is -2.06. The number of hydrogen-bond donors (Lipinski definition) is 1. The highest BCUT2D eigenvalue weighted by molar-refractivity contribution is 5.78. The van der Waals surface area contributed by atoms with Gasteiger partial charge in [-0.15, -0.1) is 0 Å². The van der Waals surface area contributed by atoms with Gasteiger partial charge in [-0.3, -0.25) is 4.79 Å². The van der Waals surface area contributed by atoms with E-state index in [-0.39, 0.29) is 18.0 Å². The maximum absolute atomic E-state index is 13.0. The zero-order valence-electron chi connectivity index (χ0n) is 7.06. The molecular weight excluding hydrogens is 157 g/mol. The minimum absolute atomic E-state index is 0.00554. The van der Waals surface area contributed by atoms with Gasteiger partial charge in [-0.1, -0.05) is 0 Å². The van der Waals surface area contributed by atoms with Gasteiger partial charge < -0.3 is 5.73 Å². The number of nitrogens with two attached hydrogens (primary N) is 1. The normalized spacial score (nSPS) is 17.7. The third-order valence-electron chi connectivity index (χ3n) is 1.83. The van der Waals surface area contributed by atoms with Crippen LogP contribution in [0, 0.1) is 0 Å². The van der Waals surface area contributed by atoms with E-state index >= 15 is 0 Å². The van der Waals surface area contributed by atoms with Crippen LogP contribution in [0.4, 0.5) is 4.39 Å². The summed E-state index contributed by atoms with van der Waals surface area (Å²) in [7, 11) is 0. The molecule has 0 aromatic carbocycles. The Kier molecular flexibility index (Phi) is 2.63. The molecule has 0 aromatic heterocycles. The number of ketones is 1. The van der Waals surface area contributed by atoms with Crippen molar-refractivity contribution >= 4 is 5.78 Å². The Hall–Kier alpha value is -1.12. The molecule has 66 valence electrons. The Balaban J connectivity index is 2.76. The van der Waals surface area contributed by atoms with E-state index in [2.05, 4.69) is 0 Å². The Morgan fingerprint density at radius 3 is 2.83 bits per heavy atom. The summed E-state index contributed by atoms with van der Waals surface area (Å²) in [5, 5.41) is 0. The molecule has 0 saturated carbocycles. The van der Waals surface area contributed by atoms with E-state index in [1.165, 1.54) is 13.0 Å². The zero-order chi connectivity index (χ0) is 9.14. The number of rotatable bonds is 2. The van der Waals surface area contributed by atoms with Gasteiger partial charge in [0.15, 0.2) is 0 Å². The van der Waals surface area contributed by atoms with Gasteiger partial charge in [-0.25, -0.2) is 4.39 Å². The van der Waals surface area contributed by atoms with Crippen LogP contribution in [0.15, 0.2) is 23.2 Å². The Morgan fingerprint density at radius 1 is 1.67 bits per heavy atom. The van der Waals surface area contributed by atoms with Gasteiger partial charge in [0.1, 0.15) is 11.6 Å². The van der Waals surface area contributed by atoms with Crippen LogP contribution in [0.1, 0.15) is 26.2 Å². The Bertz CT molecular complexity index is 266. The first kappa shape index (κ1) is 8.97. The molecule has 0 unspecified atom stereocenters.